The van der Waals surface area contributed by atoms with Crippen molar-refractivity contribution in [1.29, 1.82) is 0 Å². The summed E-state index contributed by atoms with van der Waals surface area (Å²) in [6.45, 7) is 2.71. The minimum atomic E-state index is -0.678. The molecule has 3 N–H and O–H groups in total. The Morgan fingerprint density at radius 1 is 1.22 bits per heavy atom. The van der Waals surface area contributed by atoms with Crippen LogP contribution in [0.25, 0.3) is 0 Å². The second kappa shape index (κ2) is 9.92. The van der Waals surface area contributed by atoms with Crippen molar-refractivity contribution in [3.05, 3.63) is 29.3 Å². The number of amides is 4. The summed E-state index contributed by atoms with van der Waals surface area (Å²) in [5, 5.41) is 9.36. The highest BCUT2D eigenvalue weighted by molar-refractivity contribution is 6.30. The first-order chi connectivity index (χ1) is 12.5. The molecule has 2 aliphatic heterocycles. The Morgan fingerprint density at radius 3 is 2.63 bits per heavy atom. The van der Waals surface area contributed by atoms with Crippen LogP contribution in [-0.2, 0) is 9.59 Å². The molecule has 2 saturated heterocycles. The highest BCUT2D eigenvalue weighted by Gasteiger charge is 2.38. The first kappa shape index (κ1) is 21.5. The van der Waals surface area contributed by atoms with Gasteiger partial charge in [0.05, 0.1) is 5.69 Å². The molecule has 1 aromatic carbocycles. The van der Waals surface area contributed by atoms with Crippen molar-refractivity contribution in [2.45, 2.75) is 31.7 Å². The quantitative estimate of drug-likeness (QED) is 0.595. The number of carbonyl (C=O) groups is 3. The zero-order valence-electron chi connectivity index (χ0n) is 14.9. The number of anilines is 1. The van der Waals surface area contributed by atoms with Crippen molar-refractivity contribution < 1.29 is 14.4 Å². The monoisotopic (exact) mass is 414 g/mol. The summed E-state index contributed by atoms with van der Waals surface area (Å²) in [5.74, 6) is 0.184. The van der Waals surface area contributed by atoms with Gasteiger partial charge in [0.2, 0.25) is 5.91 Å². The van der Waals surface area contributed by atoms with Gasteiger partial charge in [-0.1, -0.05) is 11.6 Å². The molecule has 0 radical (unpaired) electrons. The van der Waals surface area contributed by atoms with E-state index in [0.29, 0.717) is 23.2 Å². The molecule has 148 valence electrons. The standard InChI is InChI=1S/C18H23ClN4O3.ClH/c19-13-1-3-14(4-2-13)23-17(25)15(22-18(23)26)5-6-16(24)21-10-8-12-7-9-20-11-12;/h1-4,12,15,20H,5-11H2,(H,21,24)(H,22,26);1H. The highest BCUT2D eigenvalue weighted by atomic mass is 35.5. The van der Waals surface area contributed by atoms with E-state index in [1.165, 1.54) is 0 Å². The van der Waals surface area contributed by atoms with Gasteiger partial charge in [-0.3, -0.25) is 9.59 Å². The topological polar surface area (TPSA) is 90.5 Å². The number of benzene rings is 1. The number of nitrogens with one attached hydrogen (secondary N) is 3. The van der Waals surface area contributed by atoms with Gasteiger partial charge >= 0.3 is 6.03 Å². The van der Waals surface area contributed by atoms with Gasteiger partial charge in [-0.05, 0) is 62.5 Å². The molecule has 9 heteroatoms. The average molecular weight is 415 g/mol. The number of imide groups is 1. The predicted octanol–water partition coefficient (Wildman–Crippen LogP) is 2.08. The van der Waals surface area contributed by atoms with E-state index in [-0.39, 0.29) is 37.1 Å². The number of urea groups is 1. The second-order valence-electron chi connectivity index (χ2n) is 6.69. The summed E-state index contributed by atoms with van der Waals surface area (Å²) in [6, 6.07) is 5.33. The minimum Gasteiger partial charge on any atom is -0.356 e. The molecule has 0 saturated carbocycles. The minimum absolute atomic E-state index is 0. The third-order valence-corrected chi connectivity index (χ3v) is 5.05. The SMILES string of the molecule is Cl.O=C(CCC1NC(=O)N(c2ccc(Cl)cc2)C1=O)NCCC1CCNC1. The Labute approximate surface area is 169 Å². The van der Waals surface area contributed by atoms with Gasteiger partial charge in [-0.2, -0.15) is 0 Å². The largest absolute Gasteiger partial charge is 0.356 e. The molecule has 3 rings (SSSR count). The number of carbonyl (C=O) groups excluding carboxylic acids is 3. The Balaban J connectivity index is 0.00000261. The Kier molecular flexibility index (Phi) is 7.89. The Hall–Kier alpha value is -1.83. The lowest BCUT2D eigenvalue weighted by molar-refractivity contribution is -0.121. The lowest BCUT2D eigenvalue weighted by atomic mass is 10.1. The number of halogens is 2. The van der Waals surface area contributed by atoms with E-state index in [4.69, 9.17) is 11.6 Å². The van der Waals surface area contributed by atoms with Gasteiger partial charge in [0.25, 0.3) is 5.91 Å². The van der Waals surface area contributed by atoms with Crippen LogP contribution in [0.1, 0.15) is 25.7 Å². The summed E-state index contributed by atoms with van der Waals surface area (Å²) in [7, 11) is 0. The predicted molar refractivity (Wildman–Crippen MR) is 106 cm³/mol. The fourth-order valence-electron chi connectivity index (χ4n) is 3.30. The van der Waals surface area contributed by atoms with Crippen LogP contribution < -0.4 is 20.9 Å². The molecule has 2 fully saturated rings. The number of nitrogens with zero attached hydrogens (tertiary/aromatic N) is 1. The van der Waals surface area contributed by atoms with E-state index >= 15 is 0 Å². The van der Waals surface area contributed by atoms with E-state index < -0.39 is 12.1 Å². The van der Waals surface area contributed by atoms with Crippen molar-refractivity contribution in [2.75, 3.05) is 24.5 Å². The van der Waals surface area contributed by atoms with E-state index in [9.17, 15) is 14.4 Å². The molecule has 2 aliphatic rings. The second-order valence-corrected chi connectivity index (χ2v) is 7.12. The van der Waals surface area contributed by atoms with Crippen LogP contribution in [0.2, 0.25) is 5.02 Å². The highest BCUT2D eigenvalue weighted by Crippen LogP contribution is 2.23. The van der Waals surface area contributed by atoms with Crippen LogP contribution in [0.15, 0.2) is 24.3 Å². The van der Waals surface area contributed by atoms with Crippen LogP contribution in [-0.4, -0.2) is 43.5 Å². The van der Waals surface area contributed by atoms with Gasteiger partial charge in [0.1, 0.15) is 6.04 Å². The molecule has 0 spiro atoms. The molecule has 2 heterocycles. The first-order valence-corrected chi connectivity index (χ1v) is 9.30. The Morgan fingerprint density at radius 2 is 1.96 bits per heavy atom. The van der Waals surface area contributed by atoms with Gasteiger partial charge in [-0.25, -0.2) is 9.69 Å². The van der Waals surface area contributed by atoms with Crippen molar-refractivity contribution >= 4 is 47.5 Å². The maximum absolute atomic E-state index is 12.5. The van der Waals surface area contributed by atoms with Crippen molar-refractivity contribution in [3.8, 4) is 0 Å². The molecule has 0 aliphatic carbocycles. The first-order valence-electron chi connectivity index (χ1n) is 8.92. The summed E-state index contributed by atoms with van der Waals surface area (Å²) in [6.07, 6.45) is 2.60. The average Bonchev–Trinajstić information content (AvgIpc) is 3.22. The van der Waals surface area contributed by atoms with Crippen LogP contribution in [0.4, 0.5) is 10.5 Å². The van der Waals surface area contributed by atoms with E-state index in [1.807, 2.05) is 0 Å². The summed E-state index contributed by atoms with van der Waals surface area (Å²) in [5.41, 5.74) is 0.467. The molecule has 0 aromatic heterocycles. The van der Waals surface area contributed by atoms with E-state index in [2.05, 4.69) is 16.0 Å². The molecule has 27 heavy (non-hydrogen) atoms. The molecule has 4 amide bonds. The number of rotatable bonds is 7. The fraction of sp³-hybridized carbons (Fsp3) is 0.500. The summed E-state index contributed by atoms with van der Waals surface area (Å²) in [4.78, 5) is 37.6. The number of hydrogen-bond acceptors (Lipinski definition) is 4. The third-order valence-electron chi connectivity index (χ3n) is 4.80. The van der Waals surface area contributed by atoms with Gasteiger partial charge in [0, 0.05) is 18.0 Å². The smallest absolute Gasteiger partial charge is 0.329 e. The summed E-state index contributed by atoms with van der Waals surface area (Å²) < 4.78 is 0. The zero-order valence-corrected chi connectivity index (χ0v) is 16.4. The Bertz CT molecular complexity index is 678. The molecule has 1 aromatic rings. The molecule has 0 bridgehead atoms. The summed E-state index contributed by atoms with van der Waals surface area (Å²) >= 11 is 5.84. The molecular formula is C18H24Cl2N4O3. The van der Waals surface area contributed by atoms with Crippen LogP contribution >= 0.6 is 24.0 Å². The third kappa shape index (κ3) is 5.57. The van der Waals surface area contributed by atoms with Crippen molar-refractivity contribution in [1.82, 2.24) is 16.0 Å². The molecular weight excluding hydrogens is 391 g/mol. The van der Waals surface area contributed by atoms with Gasteiger partial charge < -0.3 is 16.0 Å². The number of hydrogen-bond donors (Lipinski definition) is 3. The van der Waals surface area contributed by atoms with Crippen LogP contribution in [0, 0.1) is 5.92 Å². The van der Waals surface area contributed by atoms with Crippen molar-refractivity contribution in [2.24, 2.45) is 5.92 Å². The van der Waals surface area contributed by atoms with E-state index in [1.54, 1.807) is 24.3 Å². The zero-order chi connectivity index (χ0) is 18.5. The van der Waals surface area contributed by atoms with E-state index in [0.717, 1.165) is 30.8 Å². The fourth-order valence-corrected chi connectivity index (χ4v) is 3.43. The van der Waals surface area contributed by atoms with Gasteiger partial charge in [-0.15, -0.1) is 12.4 Å². The maximum Gasteiger partial charge on any atom is 0.329 e. The maximum atomic E-state index is 12.5. The van der Waals surface area contributed by atoms with Crippen LogP contribution in [0.5, 0.6) is 0 Å². The van der Waals surface area contributed by atoms with Crippen molar-refractivity contribution in [3.63, 3.8) is 0 Å². The normalized spacial score (nSPS) is 21.7. The molecule has 7 nitrogen and oxygen atoms in total. The lowest BCUT2D eigenvalue weighted by Crippen LogP contribution is -2.33. The van der Waals surface area contributed by atoms with Gasteiger partial charge in [0.15, 0.2) is 0 Å². The van der Waals surface area contributed by atoms with Crippen LogP contribution in [0.3, 0.4) is 0 Å². The molecule has 2 unspecified atom stereocenters. The lowest BCUT2D eigenvalue weighted by Gasteiger charge is -2.13. The molecule has 2 atom stereocenters.